The van der Waals surface area contributed by atoms with Gasteiger partial charge in [0, 0.05) is 24.5 Å². The van der Waals surface area contributed by atoms with Gasteiger partial charge in [0.2, 0.25) is 5.91 Å². The third-order valence-electron chi connectivity index (χ3n) is 5.35. The van der Waals surface area contributed by atoms with E-state index in [1.54, 1.807) is 33.3 Å². The zero-order valence-corrected chi connectivity index (χ0v) is 20.5. The monoisotopic (exact) mass is 470 g/mol. The van der Waals surface area contributed by atoms with E-state index in [0.717, 1.165) is 34.7 Å². The number of nitrogens with zero attached hydrogens (tertiary/aromatic N) is 2. The number of aromatic nitrogens is 1. The maximum atomic E-state index is 12.7. The van der Waals surface area contributed by atoms with Crippen molar-refractivity contribution in [1.82, 2.24) is 9.88 Å². The fourth-order valence-corrected chi connectivity index (χ4v) is 4.28. The molecule has 0 atom stereocenters. The highest BCUT2D eigenvalue weighted by molar-refractivity contribution is 7.13. The number of ether oxygens (including phenoxy) is 4. The molecule has 0 aliphatic rings. The number of hydrogen-bond acceptors (Lipinski definition) is 7. The van der Waals surface area contributed by atoms with Crippen LogP contribution in [0.15, 0.2) is 41.8 Å². The molecule has 0 radical (unpaired) electrons. The Morgan fingerprint density at radius 3 is 2.21 bits per heavy atom. The van der Waals surface area contributed by atoms with Crippen molar-refractivity contribution < 1.29 is 23.7 Å². The number of carbonyl (C=O) groups excluding carboxylic acids is 1. The van der Waals surface area contributed by atoms with Gasteiger partial charge in [-0.2, -0.15) is 0 Å². The largest absolute Gasteiger partial charge is 0.493 e. The first-order valence-corrected chi connectivity index (χ1v) is 11.5. The van der Waals surface area contributed by atoms with Crippen molar-refractivity contribution in [3.8, 4) is 33.6 Å². The first-order chi connectivity index (χ1) is 16.0. The van der Waals surface area contributed by atoms with Gasteiger partial charge < -0.3 is 23.8 Å². The fraction of sp³-hybridized carbons (Fsp3) is 0.360. The molecule has 0 saturated heterocycles. The number of rotatable bonds is 11. The molecule has 0 bridgehead atoms. The van der Waals surface area contributed by atoms with Crippen LogP contribution in [0.3, 0.4) is 0 Å². The van der Waals surface area contributed by atoms with Crippen molar-refractivity contribution in [2.45, 2.75) is 19.3 Å². The van der Waals surface area contributed by atoms with Gasteiger partial charge >= 0.3 is 0 Å². The minimum Gasteiger partial charge on any atom is -0.493 e. The third kappa shape index (κ3) is 6.16. The van der Waals surface area contributed by atoms with Crippen LogP contribution in [0, 0.1) is 0 Å². The van der Waals surface area contributed by atoms with E-state index in [0.29, 0.717) is 29.5 Å². The SMILES string of the molecule is COc1ccc(CCCN(C)C(=O)Cc2csc(-c3ccc(OC)c(OC)c3)n2)cc1OC. The van der Waals surface area contributed by atoms with Crippen LogP contribution in [0.5, 0.6) is 23.0 Å². The van der Waals surface area contributed by atoms with Crippen molar-refractivity contribution in [3.05, 3.63) is 53.0 Å². The first-order valence-electron chi connectivity index (χ1n) is 10.6. The van der Waals surface area contributed by atoms with Gasteiger partial charge in [-0.25, -0.2) is 4.98 Å². The molecule has 1 amide bonds. The fourth-order valence-electron chi connectivity index (χ4n) is 3.46. The minimum absolute atomic E-state index is 0.0477. The lowest BCUT2D eigenvalue weighted by molar-refractivity contribution is -0.129. The van der Waals surface area contributed by atoms with E-state index in [1.807, 2.05) is 48.8 Å². The number of methoxy groups -OCH3 is 4. The first kappa shape index (κ1) is 24.4. The molecule has 3 rings (SSSR count). The van der Waals surface area contributed by atoms with Crippen molar-refractivity contribution in [2.75, 3.05) is 42.0 Å². The molecule has 33 heavy (non-hydrogen) atoms. The minimum atomic E-state index is 0.0477. The number of amides is 1. The molecule has 0 saturated carbocycles. The molecule has 0 spiro atoms. The van der Waals surface area contributed by atoms with Crippen LogP contribution in [0.4, 0.5) is 0 Å². The number of benzene rings is 2. The van der Waals surface area contributed by atoms with Gasteiger partial charge in [0.1, 0.15) is 5.01 Å². The molecule has 1 aromatic heterocycles. The zero-order chi connectivity index (χ0) is 23.8. The number of thiazole rings is 1. The highest BCUT2D eigenvalue weighted by Gasteiger charge is 2.14. The zero-order valence-electron chi connectivity index (χ0n) is 19.7. The lowest BCUT2D eigenvalue weighted by atomic mass is 10.1. The van der Waals surface area contributed by atoms with E-state index in [2.05, 4.69) is 4.98 Å². The average Bonchev–Trinajstić information content (AvgIpc) is 3.31. The third-order valence-corrected chi connectivity index (χ3v) is 6.29. The average molecular weight is 471 g/mol. The smallest absolute Gasteiger partial charge is 0.228 e. The van der Waals surface area contributed by atoms with E-state index in [9.17, 15) is 4.79 Å². The van der Waals surface area contributed by atoms with Crippen LogP contribution >= 0.6 is 11.3 Å². The van der Waals surface area contributed by atoms with E-state index >= 15 is 0 Å². The Morgan fingerprint density at radius 1 is 0.909 bits per heavy atom. The molecule has 0 unspecified atom stereocenters. The molecule has 0 fully saturated rings. The van der Waals surface area contributed by atoms with Gasteiger partial charge in [-0.1, -0.05) is 6.07 Å². The van der Waals surface area contributed by atoms with Gasteiger partial charge in [-0.15, -0.1) is 11.3 Å². The second-order valence-corrected chi connectivity index (χ2v) is 8.36. The molecular formula is C25H30N2O5S. The summed E-state index contributed by atoms with van der Waals surface area (Å²) in [4.78, 5) is 19.1. The summed E-state index contributed by atoms with van der Waals surface area (Å²) < 4.78 is 21.3. The highest BCUT2D eigenvalue weighted by Crippen LogP contribution is 2.33. The Balaban J connectivity index is 1.54. The summed E-state index contributed by atoms with van der Waals surface area (Å²) in [7, 11) is 8.29. The molecular weight excluding hydrogens is 440 g/mol. The number of aryl methyl sites for hydroxylation is 1. The molecule has 3 aromatic rings. The van der Waals surface area contributed by atoms with Crippen molar-refractivity contribution >= 4 is 17.2 Å². The van der Waals surface area contributed by atoms with Crippen molar-refractivity contribution in [2.24, 2.45) is 0 Å². The quantitative estimate of drug-likeness (QED) is 0.412. The van der Waals surface area contributed by atoms with Crippen molar-refractivity contribution in [1.29, 1.82) is 0 Å². The Labute approximate surface area is 198 Å². The molecule has 176 valence electrons. The van der Waals surface area contributed by atoms with Crippen LogP contribution in [0.25, 0.3) is 10.6 Å². The van der Waals surface area contributed by atoms with Crippen LogP contribution < -0.4 is 18.9 Å². The summed E-state index contributed by atoms with van der Waals surface area (Å²) in [5, 5.41) is 2.77. The number of carbonyl (C=O) groups is 1. The van der Waals surface area contributed by atoms with Gasteiger partial charge in [0.05, 0.1) is 40.6 Å². The maximum Gasteiger partial charge on any atom is 0.228 e. The van der Waals surface area contributed by atoms with Crippen molar-refractivity contribution in [3.63, 3.8) is 0 Å². The normalized spacial score (nSPS) is 10.6. The number of likely N-dealkylation sites (N-methyl/N-ethyl adjacent to an activating group) is 1. The molecule has 8 heteroatoms. The topological polar surface area (TPSA) is 70.1 Å². The maximum absolute atomic E-state index is 12.7. The summed E-state index contributed by atoms with van der Waals surface area (Å²) in [5.41, 5.74) is 2.84. The Kier molecular flexibility index (Phi) is 8.54. The Hall–Kier alpha value is -3.26. The van der Waals surface area contributed by atoms with E-state index in [1.165, 1.54) is 11.3 Å². The summed E-state index contributed by atoms with van der Waals surface area (Å²) >= 11 is 1.51. The summed E-state index contributed by atoms with van der Waals surface area (Å²) in [5.74, 6) is 2.80. The van der Waals surface area contributed by atoms with Crippen LogP contribution in [0.1, 0.15) is 17.7 Å². The lowest BCUT2D eigenvalue weighted by Gasteiger charge is -2.17. The highest BCUT2D eigenvalue weighted by atomic mass is 32.1. The Bertz CT molecular complexity index is 1080. The van der Waals surface area contributed by atoms with Gasteiger partial charge in [0.25, 0.3) is 0 Å². The molecule has 2 aromatic carbocycles. The molecule has 0 N–H and O–H groups in total. The predicted octanol–water partition coefficient (Wildman–Crippen LogP) is 4.48. The van der Waals surface area contributed by atoms with Gasteiger partial charge in [-0.05, 0) is 48.7 Å². The summed E-state index contributed by atoms with van der Waals surface area (Å²) in [6.07, 6.45) is 1.97. The standard InChI is InChI=1S/C25H30N2O5S/c1-27(12-6-7-17-8-10-20(29-2)22(13-17)31-4)24(28)15-19-16-33-25(26-19)18-9-11-21(30-3)23(14-18)32-5/h8-11,13-14,16H,6-7,12,15H2,1-5H3. The van der Waals surface area contributed by atoms with E-state index in [-0.39, 0.29) is 12.3 Å². The second-order valence-electron chi connectivity index (χ2n) is 7.50. The lowest BCUT2D eigenvalue weighted by Crippen LogP contribution is -2.29. The van der Waals surface area contributed by atoms with Crippen LogP contribution in [0.2, 0.25) is 0 Å². The number of hydrogen-bond donors (Lipinski definition) is 0. The molecule has 0 aliphatic heterocycles. The van der Waals surface area contributed by atoms with E-state index in [4.69, 9.17) is 18.9 Å². The van der Waals surface area contributed by atoms with Gasteiger partial charge in [-0.3, -0.25) is 4.79 Å². The molecule has 7 nitrogen and oxygen atoms in total. The summed E-state index contributed by atoms with van der Waals surface area (Å²) in [6, 6.07) is 11.6. The van der Waals surface area contributed by atoms with E-state index < -0.39 is 0 Å². The van der Waals surface area contributed by atoms with Gasteiger partial charge in [0.15, 0.2) is 23.0 Å². The molecule has 0 aliphatic carbocycles. The van der Waals surface area contributed by atoms with Crippen LogP contribution in [-0.2, 0) is 17.6 Å². The molecule has 1 heterocycles. The second kappa shape index (κ2) is 11.6. The van der Waals surface area contributed by atoms with Crippen LogP contribution in [-0.4, -0.2) is 57.8 Å². The predicted molar refractivity (Wildman–Crippen MR) is 130 cm³/mol. The Morgan fingerprint density at radius 2 is 1.55 bits per heavy atom. The summed E-state index contributed by atoms with van der Waals surface area (Å²) in [6.45, 7) is 0.667.